The number of hydrogen-bond donors (Lipinski definition) is 2. The Hall–Kier alpha value is -3.10. The number of carbonyl (C=O) groups excluding carboxylic acids is 2. The predicted octanol–water partition coefficient (Wildman–Crippen LogP) is 1.06. The molecule has 0 saturated heterocycles. The minimum absolute atomic E-state index is 0.158. The van der Waals surface area contributed by atoms with Gasteiger partial charge in [0, 0.05) is 17.7 Å². The summed E-state index contributed by atoms with van der Waals surface area (Å²) in [7, 11) is 4.54. The summed E-state index contributed by atoms with van der Waals surface area (Å²) in [6, 6.07) is 3.45. The molecule has 0 fully saturated rings. The summed E-state index contributed by atoms with van der Waals surface area (Å²) in [5.74, 6) is 0.557. The van der Waals surface area contributed by atoms with Gasteiger partial charge in [0.25, 0.3) is 0 Å². The van der Waals surface area contributed by atoms with Crippen molar-refractivity contribution in [2.45, 2.75) is 19.8 Å². The summed E-state index contributed by atoms with van der Waals surface area (Å²) in [4.78, 5) is 23.5. The Morgan fingerprint density at radius 2 is 2.00 bits per heavy atom. The number of nitrogens with zero attached hydrogens (tertiary/aromatic N) is 2. The van der Waals surface area contributed by atoms with E-state index in [-0.39, 0.29) is 24.2 Å². The molecule has 0 radical (unpaired) electrons. The van der Waals surface area contributed by atoms with E-state index in [2.05, 4.69) is 21.1 Å². The molecule has 0 unspecified atom stereocenters. The van der Waals surface area contributed by atoms with Crippen molar-refractivity contribution in [1.82, 2.24) is 10.9 Å². The molecule has 1 aliphatic heterocycles. The first-order chi connectivity index (χ1) is 12.5. The van der Waals surface area contributed by atoms with Crippen LogP contribution in [0.3, 0.4) is 0 Å². The summed E-state index contributed by atoms with van der Waals surface area (Å²) in [5.41, 5.74) is 6.12. The van der Waals surface area contributed by atoms with E-state index < -0.39 is 0 Å². The van der Waals surface area contributed by atoms with Crippen molar-refractivity contribution >= 4 is 23.7 Å². The molecule has 1 aromatic rings. The Labute approximate surface area is 151 Å². The molecule has 9 heteroatoms. The zero-order chi connectivity index (χ0) is 19.1. The van der Waals surface area contributed by atoms with E-state index >= 15 is 0 Å². The van der Waals surface area contributed by atoms with E-state index in [0.29, 0.717) is 34.9 Å². The van der Waals surface area contributed by atoms with Gasteiger partial charge in [0.2, 0.25) is 17.6 Å². The number of methoxy groups -OCH3 is 3. The van der Waals surface area contributed by atoms with Crippen molar-refractivity contribution in [3.8, 4) is 17.2 Å². The number of hydrogen-bond acceptors (Lipinski definition) is 7. The number of hydrazone groups is 2. The smallest absolute Gasteiger partial charge is 0.248 e. The van der Waals surface area contributed by atoms with Crippen LogP contribution in [0.25, 0.3) is 0 Å². The summed E-state index contributed by atoms with van der Waals surface area (Å²) in [5, 5.41) is 7.78. The van der Waals surface area contributed by atoms with E-state index in [1.807, 2.05) is 0 Å². The van der Waals surface area contributed by atoms with Gasteiger partial charge < -0.3 is 14.2 Å². The average molecular weight is 362 g/mol. The van der Waals surface area contributed by atoms with E-state index in [0.717, 1.165) is 0 Å². The second-order valence-electron chi connectivity index (χ2n) is 5.54. The lowest BCUT2D eigenvalue weighted by Crippen LogP contribution is -2.25. The monoisotopic (exact) mass is 362 g/mol. The summed E-state index contributed by atoms with van der Waals surface area (Å²) < 4.78 is 15.8. The second kappa shape index (κ2) is 8.84. The van der Waals surface area contributed by atoms with Gasteiger partial charge in [-0.15, -0.1) is 0 Å². The molecule has 1 heterocycles. The Bertz CT molecular complexity index is 745. The first kappa shape index (κ1) is 19.2. The molecule has 0 aliphatic carbocycles. The predicted molar refractivity (Wildman–Crippen MR) is 95.8 cm³/mol. The quantitative estimate of drug-likeness (QED) is 0.531. The third-order valence-corrected chi connectivity index (χ3v) is 3.95. The van der Waals surface area contributed by atoms with Crippen LogP contribution in [0.1, 0.15) is 25.3 Å². The summed E-state index contributed by atoms with van der Waals surface area (Å²) in [6.45, 7) is 1.75. The van der Waals surface area contributed by atoms with Gasteiger partial charge in [-0.2, -0.15) is 10.2 Å². The number of ether oxygens (including phenoxy) is 3. The lowest BCUT2D eigenvalue weighted by atomic mass is 9.99. The van der Waals surface area contributed by atoms with Gasteiger partial charge >= 0.3 is 0 Å². The van der Waals surface area contributed by atoms with Crippen LogP contribution in [0.5, 0.6) is 17.2 Å². The van der Waals surface area contributed by atoms with Crippen LogP contribution in [0.15, 0.2) is 22.3 Å². The van der Waals surface area contributed by atoms with Crippen molar-refractivity contribution in [3.63, 3.8) is 0 Å². The van der Waals surface area contributed by atoms with Crippen LogP contribution >= 0.6 is 0 Å². The third-order valence-electron chi connectivity index (χ3n) is 3.95. The van der Waals surface area contributed by atoms with Crippen LogP contribution in [0.2, 0.25) is 0 Å². The average Bonchev–Trinajstić information content (AvgIpc) is 2.97. The van der Waals surface area contributed by atoms with Gasteiger partial charge in [-0.3, -0.25) is 9.59 Å². The minimum Gasteiger partial charge on any atom is -0.493 e. The maximum atomic E-state index is 11.9. The molecule has 0 bridgehead atoms. The van der Waals surface area contributed by atoms with Crippen LogP contribution < -0.4 is 25.1 Å². The molecule has 1 aliphatic rings. The number of rotatable bonds is 8. The summed E-state index contributed by atoms with van der Waals surface area (Å²) >= 11 is 0. The van der Waals surface area contributed by atoms with E-state index in [1.54, 1.807) is 19.1 Å². The normalized spacial score (nSPS) is 16.2. The molecule has 0 aromatic heterocycles. The number of carbonyl (C=O) groups is 2. The van der Waals surface area contributed by atoms with E-state index in [1.165, 1.54) is 27.5 Å². The van der Waals surface area contributed by atoms with Crippen molar-refractivity contribution < 1.29 is 23.8 Å². The van der Waals surface area contributed by atoms with Crippen molar-refractivity contribution in [2.75, 3.05) is 21.3 Å². The lowest BCUT2D eigenvalue weighted by molar-refractivity contribution is -0.123. The molecular formula is C17H22N4O5. The van der Waals surface area contributed by atoms with Crippen LogP contribution in [-0.4, -0.2) is 45.1 Å². The first-order valence-electron chi connectivity index (χ1n) is 7.96. The molecule has 1 aromatic carbocycles. The van der Waals surface area contributed by atoms with Gasteiger partial charge in [-0.05, 0) is 25.5 Å². The molecule has 9 nitrogen and oxygen atoms in total. The fourth-order valence-corrected chi connectivity index (χ4v) is 2.56. The van der Waals surface area contributed by atoms with Crippen molar-refractivity contribution in [1.29, 1.82) is 0 Å². The number of amides is 2. The van der Waals surface area contributed by atoms with Crippen molar-refractivity contribution in [3.05, 3.63) is 17.7 Å². The first-order valence-corrected chi connectivity index (χ1v) is 7.96. The fourth-order valence-electron chi connectivity index (χ4n) is 2.56. The molecular weight excluding hydrogens is 340 g/mol. The Morgan fingerprint density at radius 1 is 1.27 bits per heavy atom. The molecule has 1 atom stereocenters. The van der Waals surface area contributed by atoms with Crippen molar-refractivity contribution in [2.24, 2.45) is 16.1 Å². The Balaban J connectivity index is 1.96. The Morgan fingerprint density at radius 3 is 2.58 bits per heavy atom. The van der Waals surface area contributed by atoms with Crippen LogP contribution in [0.4, 0.5) is 0 Å². The molecule has 0 spiro atoms. The molecule has 140 valence electrons. The minimum atomic E-state index is -0.365. The number of nitrogens with one attached hydrogen (secondary N) is 2. The largest absolute Gasteiger partial charge is 0.493 e. The SMILES string of the molecule is COc1ccc(/C=N\NC(=O)CC[C@@H]2C(=O)NN=C2C)c(OC)c1OC. The van der Waals surface area contributed by atoms with Gasteiger partial charge in [0.1, 0.15) is 0 Å². The fraction of sp³-hybridized carbons (Fsp3) is 0.412. The van der Waals surface area contributed by atoms with Gasteiger partial charge in [-0.25, -0.2) is 10.9 Å². The lowest BCUT2D eigenvalue weighted by Gasteiger charge is -2.13. The Kier molecular flexibility index (Phi) is 6.54. The maximum absolute atomic E-state index is 11.9. The molecule has 2 amide bonds. The molecule has 2 N–H and O–H groups in total. The maximum Gasteiger partial charge on any atom is 0.248 e. The van der Waals surface area contributed by atoms with Gasteiger partial charge in [0.15, 0.2) is 11.5 Å². The zero-order valence-corrected chi connectivity index (χ0v) is 15.2. The van der Waals surface area contributed by atoms with E-state index in [9.17, 15) is 9.59 Å². The summed E-state index contributed by atoms with van der Waals surface area (Å²) in [6.07, 6.45) is 1.99. The van der Waals surface area contributed by atoms with Gasteiger partial charge in [0.05, 0.1) is 33.5 Å². The molecule has 0 saturated carbocycles. The standard InChI is InChI=1S/C17H22N4O5/c1-10-12(17(23)21-19-10)6-8-14(22)20-18-9-11-5-7-13(24-2)16(26-4)15(11)25-3/h5,7,9,12H,6,8H2,1-4H3,(H,20,22)(H,21,23)/b18-9-/t12-/m0/s1. The molecule has 26 heavy (non-hydrogen) atoms. The highest BCUT2D eigenvalue weighted by Crippen LogP contribution is 2.38. The zero-order valence-electron chi connectivity index (χ0n) is 15.2. The van der Waals surface area contributed by atoms with Gasteiger partial charge in [-0.1, -0.05) is 0 Å². The number of benzene rings is 1. The highest BCUT2D eigenvalue weighted by molar-refractivity contribution is 6.07. The topological polar surface area (TPSA) is 111 Å². The van der Waals surface area contributed by atoms with Crippen LogP contribution in [-0.2, 0) is 9.59 Å². The van der Waals surface area contributed by atoms with E-state index in [4.69, 9.17) is 14.2 Å². The highest BCUT2D eigenvalue weighted by Gasteiger charge is 2.27. The second-order valence-corrected chi connectivity index (χ2v) is 5.54. The highest BCUT2D eigenvalue weighted by atomic mass is 16.5. The van der Waals surface area contributed by atoms with Crippen LogP contribution in [0, 0.1) is 5.92 Å². The molecule has 2 rings (SSSR count). The third kappa shape index (κ3) is 4.29.